The first kappa shape index (κ1) is 18.3. The van der Waals surface area contributed by atoms with Crippen molar-refractivity contribution in [3.8, 4) is 5.75 Å². The molecule has 0 bridgehead atoms. The molecule has 0 radical (unpaired) electrons. The summed E-state index contributed by atoms with van der Waals surface area (Å²) in [5.74, 6) is 0.586. The van der Waals surface area contributed by atoms with Gasteiger partial charge >= 0.3 is 0 Å². The van der Waals surface area contributed by atoms with E-state index in [-0.39, 0.29) is 23.7 Å². The maximum Gasteiger partial charge on any atom is 0.225 e. The second kappa shape index (κ2) is 7.25. The molecule has 1 amide bonds. The molecule has 2 heterocycles. The molecule has 6 heteroatoms. The van der Waals surface area contributed by atoms with Crippen LogP contribution in [0.5, 0.6) is 5.75 Å². The number of halogens is 1. The lowest BCUT2D eigenvalue weighted by Gasteiger charge is -2.49. The fraction of sp³-hybridized carbons (Fsp3) is 0.435. The van der Waals surface area contributed by atoms with Crippen LogP contribution in [0.25, 0.3) is 0 Å². The summed E-state index contributed by atoms with van der Waals surface area (Å²) in [7, 11) is 1.67. The topological polar surface area (TPSA) is 44.8 Å². The van der Waals surface area contributed by atoms with Crippen LogP contribution in [0, 0.1) is 11.7 Å². The molecule has 152 valence electrons. The van der Waals surface area contributed by atoms with Gasteiger partial charge in [-0.05, 0) is 43.0 Å². The zero-order chi connectivity index (χ0) is 20.0. The fourth-order valence-electron chi connectivity index (χ4n) is 4.67. The zero-order valence-corrected chi connectivity index (χ0v) is 16.6. The van der Waals surface area contributed by atoms with Crippen molar-refractivity contribution < 1.29 is 13.9 Å². The first-order valence-electron chi connectivity index (χ1n) is 10.4. The van der Waals surface area contributed by atoms with Crippen molar-refractivity contribution in [2.75, 3.05) is 36.5 Å². The second-order valence-corrected chi connectivity index (χ2v) is 8.25. The lowest BCUT2D eigenvalue weighted by atomic mass is 9.83. The number of hydrogen-bond acceptors (Lipinski definition) is 4. The number of nitrogens with zero attached hydrogens (tertiary/aromatic N) is 2. The Hall–Kier alpha value is -2.76. The molecule has 3 aliphatic rings. The van der Waals surface area contributed by atoms with Crippen LogP contribution in [0.1, 0.15) is 18.4 Å². The standard InChI is InChI=1S/C23H26FN3O2/c1-29-17-9-6-15-12-18(23(28)25-16-7-8-16)22-14-26(10-11-27(22)21(15)13-17)20-5-3-2-4-19(20)24/h2-6,9,13,16,18,22H,7-8,10-12,14H2,1H3,(H,25,28)/t18-,22+/m0/s1. The number of hydrogen-bond donors (Lipinski definition) is 1. The number of para-hydroxylation sites is 1. The van der Waals surface area contributed by atoms with Crippen molar-refractivity contribution in [3.63, 3.8) is 0 Å². The summed E-state index contributed by atoms with van der Waals surface area (Å²) in [6.45, 7) is 2.08. The molecule has 0 spiro atoms. The number of piperazine rings is 1. The van der Waals surface area contributed by atoms with Gasteiger partial charge < -0.3 is 19.9 Å². The van der Waals surface area contributed by atoms with Crippen LogP contribution in [0.15, 0.2) is 42.5 Å². The van der Waals surface area contributed by atoms with Gasteiger partial charge in [-0.15, -0.1) is 0 Å². The minimum Gasteiger partial charge on any atom is -0.497 e. The van der Waals surface area contributed by atoms with Gasteiger partial charge in [0.2, 0.25) is 5.91 Å². The highest BCUT2D eigenvalue weighted by molar-refractivity contribution is 5.83. The van der Waals surface area contributed by atoms with Crippen molar-refractivity contribution in [2.45, 2.75) is 31.3 Å². The third-order valence-electron chi connectivity index (χ3n) is 6.38. The molecule has 0 aromatic heterocycles. The van der Waals surface area contributed by atoms with Crippen LogP contribution in [-0.4, -0.2) is 44.7 Å². The van der Waals surface area contributed by atoms with Gasteiger partial charge in [0, 0.05) is 37.4 Å². The minimum absolute atomic E-state index is 0.00159. The summed E-state index contributed by atoms with van der Waals surface area (Å²) >= 11 is 0. The summed E-state index contributed by atoms with van der Waals surface area (Å²) in [4.78, 5) is 17.5. The largest absolute Gasteiger partial charge is 0.497 e. The van der Waals surface area contributed by atoms with Gasteiger partial charge in [0.15, 0.2) is 0 Å². The first-order valence-corrected chi connectivity index (χ1v) is 10.4. The van der Waals surface area contributed by atoms with E-state index in [4.69, 9.17) is 4.74 Å². The fourth-order valence-corrected chi connectivity index (χ4v) is 4.67. The van der Waals surface area contributed by atoms with Gasteiger partial charge in [0.25, 0.3) is 0 Å². The average Bonchev–Trinajstić information content (AvgIpc) is 3.56. The van der Waals surface area contributed by atoms with Gasteiger partial charge in [0.05, 0.1) is 24.8 Å². The monoisotopic (exact) mass is 395 g/mol. The van der Waals surface area contributed by atoms with Crippen LogP contribution >= 0.6 is 0 Å². The molecule has 5 rings (SSSR count). The Morgan fingerprint density at radius 1 is 1.14 bits per heavy atom. The van der Waals surface area contributed by atoms with E-state index in [9.17, 15) is 9.18 Å². The van der Waals surface area contributed by atoms with Crippen LogP contribution in [0.3, 0.4) is 0 Å². The lowest BCUT2D eigenvalue weighted by molar-refractivity contribution is -0.126. The van der Waals surface area contributed by atoms with Crippen molar-refractivity contribution in [1.82, 2.24) is 5.32 Å². The Labute approximate surface area is 170 Å². The minimum atomic E-state index is -0.210. The van der Waals surface area contributed by atoms with E-state index in [1.165, 1.54) is 11.6 Å². The van der Waals surface area contributed by atoms with E-state index in [0.717, 1.165) is 30.8 Å². The summed E-state index contributed by atoms with van der Waals surface area (Å²) in [6, 6.07) is 13.3. The Kier molecular flexibility index (Phi) is 4.57. The summed E-state index contributed by atoms with van der Waals surface area (Å²) < 4.78 is 19.9. The SMILES string of the molecule is COc1ccc2c(c1)N1CCN(c3ccccc3F)C[C@@H]1[C@@H](C(=O)NC1CC1)C2. The molecule has 1 saturated heterocycles. The predicted molar refractivity (Wildman–Crippen MR) is 111 cm³/mol. The highest BCUT2D eigenvalue weighted by Crippen LogP contribution is 2.39. The van der Waals surface area contributed by atoms with Crippen LogP contribution < -0.4 is 19.9 Å². The molecule has 2 atom stereocenters. The van der Waals surface area contributed by atoms with E-state index in [1.54, 1.807) is 13.2 Å². The molecule has 2 fully saturated rings. The summed E-state index contributed by atoms with van der Waals surface area (Å²) in [5, 5.41) is 3.19. The van der Waals surface area contributed by atoms with Gasteiger partial charge in [-0.2, -0.15) is 0 Å². The lowest BCUT2D eigenvalue weighted by Crippen LogP contribution is -2.61. The number of benzene rings is 2. The van der Waals surface area contributed by atoms with E-state index >= 15 is 0 Å². The Morgan fingerprint density at radius 3 is 2.72 bits per heavy atom. The number of anilines is 2. The molecule has 0 unspecified atom stereocenters. The summed E-state index contributed by atoms with van der Waals surface area (Å²) in [6.07, 6.45) is 2.84. The Morgan fingerprint density at radius 2 is 1.97 bits per heavy atom. The highest BCUT2D eigenvalue weighted by Gasteiger charge is 2.43. The Bertz CT molecular complexity index is 930. The van der Waals surface area contributed by atoms with Crippen molar-refractivity contribution in [2.24, 2.45) is 5.92 Å². The van der Waals surface area contributed by atoms with Gasteiger partial charge in [0.1, 0.15) is 11.6 Å². The van der Waals surface area contributed by atoms with E-state index in [1.807, 2.05) is 18.2 Å². The van der Waals surface area contributed by atoms with E-state index in [0.29, 0.717) is 31.2 Å². The number of fused-ring (bicyclic) bond motifs is 3. The van der Waals surface area contributed by atoms with Crippen molar-refractivity contribution >= 4 is 17.3 Å². The quantitative estimate of drug-likeness (QED) is 0.865. The van der Waals surface area contributed by atoms with Crippen molar-refractivity contribution in [3.05, 3.63) is 53.8 Å². The third kappa shape index (κ3) is 3.41. The molecule has 1 aliphatic carbocycles. The number of amides is 1. The summed E-state index contributed by atoms with van der Waals surface area (Å²) in [5.41, 5.74) is 2.93. The van der Waals surface area contributed by atoms with E-state index in [2.05, 4.69) is 27.2 Å². The average molecular weight is 395 g/mol. The Balaban J connectivity index is 1.48. The normalized spacial score (nSPS) is 23.2. The molecular formula is C23H26FN3O2. The van der Waals surface area contributed by atoms with Gasteiger partial charge in [-0.25, -0.2) is 4.39 Å². The van der Waals surface area contributed by atoms with E-state index < -0.39 is 0 Å². The highest BCUT2D eigenvalue weighted by atomic mass is 19.1. The molecular weight excluding hydrogens is 369 g/mol. The second-order valence-electron chi connectivity index (χ2n) is 8.25. The number of carbonyl (C=O) groups excluding carboxylic acids is 1. The molecule has 2 aromatic rings. The molecule has 1 N–H and O–H groups in total. The van der Waals surface area contributed by atoms with Gasteiger partial charge in [-0.1, -0.05) is 18.2 Å². The number of carbonyl (C=O) groups is 1. The van der Waals surface area contributed by atoms with Crippen LogP contribution in [-0.2, 0) is 11.2 Å². The predicted octanol–water partition coefficient (Wildman–Crippen LogP) is 2.98. The number of rotatable bonds is 4. The number of methoxy groups -OCH3 is 1. The molecule has 5 nitrogen and oxygen atoms in total. The van der Waals surface area contributed by atoms with Crippen LogP contribution in [0.2, 0.25) is 0 Å². The zero-order valence-electron chi connectivity index (χ0n) is 16.6. The number of nitrogens with one attached hydrogen (secondary N) is 1. The maximum absolute atomic E-state index is 14.4. The maximum atomic E-state index is 14.4. The van der Waals surface area contributed by atoms with Gasteiger partial charge in [-0.3, -0.25) is 4.79 Å². The smallest absolute Gasteiger partial charge is 0.225 e. The van der Waals surface area contributed by atoms with Crippen molar-refractivity contribution in [1.29, 1.82) is 0 Å². The molecule has 1 saturated carbocycles. The molecule has 2 aromatic carbocycles. The molecule has 29 heavy (non-hydrogen) atoms. The number of ether oxygens (including phenoxy) is 1. The third-order valence-corrected chi connectivity index (χ3v) is 6.38. The van der Waals surface area contributed by atoms with Crippen LogP contribution in [0.4, 0.5) is 15.8 Å². The molecule has 2 aliphatic heterocycles. The first-order chi connectivity index (χ1) is 14.1.